The van der Waals surface area contributed by atoms with Gasteiger partial charge in [-0.3, -0.25) is 4.79 Å². The highest BCUT2D eigenvalue weighted by Crippen LogP contribution is 2.27. The Labute approximate surface area is 449 Å². The smallest absolute Gasteiger partial charge is 0.306 e. The van der Waals surface area contributed by atoms with Crippen molar-refractivity contribution in [3.05, 3.63) is 24.3 Å². The zero-order valence-electron chi connectivity index (χ0n) is 46.8. The normalized spacial score (nSPS) is 24.9. The predicted octanol–water partition coefficient (Wildman–Crippen LogP) is 11.1. The summed E-state index contributed by atoms with van der Waals surface area (Å²) in [4.78, 5) is 13.1. The van der Waals surface area contributed by atoms with Gasteiger partial charge in [0, 0.05) is 13.0 Å². The fraction of sp³-hybridized carbons (Fsp3) is 0.917. The minimum atomic E-state index is -1.71. The number of hydrogen-bond donors (Lipinski definition) is 7. The van der Waals surface area contributed by atoms with Gasteiger partial charge in [0.1, 0.15) is 54.9 Å². The number of esters is 1. The van der Waals surface area contributed by atoms with Crippen molar-refractivity contribution < 1.29 is 69.0 Å². The van der Waals surface area contributed by atoms with Gasteiger partial charge in [0.15, 0.2) is 12.6 Å². The van der Waals surface area contributed by atoms with E-state index in [2.05, 4.69) is 38.2 Å². The molecule has 11 unspecified atom stereocenters. The third-order valence-corrected chi connectivity index (χ3v) is 14.7. The SMILES string of the molecule is CCCCCC/C=C\C/C=C\CCCCCCCCCC(=O)OC(COCCCCCCCCCCCCCCCCCCCCCCCC)COC1OC(COC2OC(CO)C(O)C(O)C2O)C(O)C(O)C1O. The summed E-state index contributed by atoms with van der Waals surface area (Å²) < 4.78 is 34.4. The van der Waals surface area contributed by atoms with E-state index in [0.29, 0.717) is 13.0 Å². The number of hydrogen-bond acceptors (Lipinski definition) is 14. The Hall–Kier alpha value is -1.53. The van der Waals surface area contributed by atoms with Gasteiger partial charge >= 0.3 is 5.97 Å². The minimum absolute atomic E-state index is 0.0631. The summed E-state index contributed by atoms with van der Waals surface area (Å²) in [7, 11) is 0. The van der Waals surface area contributed by atoms with Crippen LogP contribution in [0.4, 0.5) is 0 Å². The highest BCUT2D eigenvalue weighted by atomic mass is 16.7. The number of unbranched alkanes of at least 4 members (excludes halogenated alkanes) is 32. The second kappa shape index (κ2) is 47.5. The second-order valence-electron chi connectivity index (χ2n) is 21.5. The molecular formula is C60H112O14. The van der Waals surface area contributed by atoms with E-state index in [4.69, 9.17) is 28.4 Å². The van der Waals surface area contributed by atoms with Crippen LogP contribution in [0.1, 0.15) is 251 Å². The van der Waals surface area contributed by atoms with Crippen LogP contribution in [0.3, 0.4) is 0 Å². The summed E-state index contributed by atoms with van der Waals surface area (Å²) in [6.07, 6.45) is 38.1. The lowest BCUT2D eigenvalue weighted by Gasteiger charge is -2.42. The molecule has 2 rings (SSSR count). The zero-order valence-corrected chi connectivity index (χ0v) is 46.8. The van der Waals surface area contributed by atoms with Gasteiger partial charge in [0.25, 0.3) is 0 Å². The van der Waals surface area contributed by atoms with Crippen molar-refractivity contribution in [1.29, 1.82) is 0 Å². The largest absolute Gasteiger partial charge is 0.457 e. The van der Waals surface area contributed by atoms with Gasteiger partial charge < -0.3 is 64.2 Å². The molecule has 0 aromatic heterocycles. The van der Waals surface area contributed by atoms with E-state index < -0.39 is 80.7 Å². The Morgan fingerprint density at radius 3 is 1.31 bits per heavy atom. The minimum Gasteiger partial charge on any atom is -0.457 e. The van der Waals surface area contributed by atoms with Crippen LogP contribution in [-0.4, -0.2) is 142 Å². The standard InChI is InChI=1S/C60H112O14/c1-3-5-7-9-11-13-15-17-19-21-23-24-25-26-28-30-32-34-36-38-40-42-44-69-46-49(72-52(62)43-41-39-37-35-33-31-29-27-22-20-18-16-14-12-10-8-6-4-2)47-70-59-58(68)56(66)54(64)51(74-59)48-71-60-57(67)55(65)53(63)50(45-61)73-60/h14,16,20,22,49-51,53-61,63-68H,3-13,15,17-19,21,23-48H2,1-2H3/b16-14-,22-20-. The monoisotopic (exact) mass is 1060 g/mol. The van der Waals surface area contributed by atoms with Crippen LogP contribution in [0.2, 0.25) is 0 Å². The van der Waals surface area contributed by atoms with E-state index in [-0.39, 0.29) is 25.6 Å². The van der Waals surface area contributed by atoms with Gasteiger partial charge in [-0.05, 0) is 44.9 Å². The predicted molar refractivity (Wildman–Crippen MR) is 294 cm³/mol. The van der Waals surface area contributed by atoms with Crippen LogP contribution in [-0.2, 0) is 33.2 Å². The molecule has 0 radical (unpaired) electrons. The van der Waals surface area contributed by atoms with Crippen molar-refractivity contribution >= 4 is 5.97 Å². The first-order valence-electron chi connectivity index (χ1n) is 30.4. The van der Waals surface area contributed by atoms with Crippen LogP contribution in [0.15, 0.2) is 24.3 Å². The van der Waals surface area contributed by atoms with E-state index >= 15 is 0 Å². The summed E-state index contributed by atoms with van der Waals surface area (Å²) in [6, 6.07) is 0. The molecule has 14 heteroatoms. The molecule has 436 valence electrons. The Kier molecular flexibility index (Phi) is 44.0. The molecule has 14 nitrogen and oxygen atoms in total. The van der Waals surface area contributed by atoms with Crippen molar-refractivity contribution in [3.8, 4) is 0 Å². The fourth-order valence-electron chi connectivity index (χ4n) is 9.79. The molecule has 0 bridgehead atoms. The molecule has 0 aliphatic carbocycles. The van der Waals surface area contributed by atoms with Gasteiger partial charge in [0.05, 0.1) is 26.4 Å². The van der Waals surface area contributed by atoms with Crippen molar-refractivity contribution in [2.45, 2.75) is 319 Å². The van der Waals surface area contributed by atoms with E-state index in [0.717, 1.165) is 51.4 Å². The number of allylic oxidation sites excluding steroid dienone is 4. The van der Waals surface area contributed by atoms with Crippen molar-refractivity contribution in [2.75, 3.05) is 33.0 Å². The maximum Gasteiger partial charge on any atom is 0.306 e. The van der Waals surface area contributed by atoms with Crippen LogP contribution in [0, 0.1) is 0 Å². The van der Waals surface area contributed by atoms with E-state index in [9.17, 15) is 40.5 Å². The summed E-state index contributed by atoms with van der Waals surface area (Å²) in [6.45, 7) is 3.72. The fourth-order valence-corrected chi connectivity index (χ4v) is 9.79. The van der Waals surface area contributed by atoms with Gasteiger partial charge in [-0.25, -0.2) is 0 Å². The van der Waals surface area contributed by atoms with Gasteiger partial charge in [-0.15, -0.1) is 0 Å². The first kappa shape index (κ1) is 68.6. The Bertz CT molecular complexity index is 1320. The van der Waals surface area contributed by atoms with Crippen LogP contribution >= 0.6 is 0 Å². The molecule has 0 amide bonds. The first-order chi connectivity index (χ1) is 36.1. The summed E-state index contributed by atoms with van der Waals surface area (Å²) in [5, 5.41) is 72.4. The summed E-state index contributed by atoms with van der Waals surface area (Å²) in [5.41, 5.74) is 0. The Balaban J connectivity index is 1.69. The quantitative estimate of drug-likeness (QED) is 0.0172. The third-order valence-electron chi connectivity index (χ3n) is 14.7. The molecule has 2 aliphatic heterocycles. The second-order valence-corrected chi connectivity index (χ2v) is 21.5. The van der Waals surface area contributed by atoms with Crippen LogP contribution in [0.25, 0.3) is 0 Å². The Morgan fingerprint density at radius 1 is 0.446 bits per heavy atom. The molecule has 0 spiro atoms. The molecule has 2 heterocycles. The molecule has 0 aromatic rings. The molecule has 2 fully saturated rings. The maximum atomic E-state index is 13.1. The molecule has 11 atom stereocenters. The average molecular weight is 1060 g/mol. The third kappa shape index (κ3) is 33.7. The highest BCUT2D eigenvalue weighted by Gasteiger charge is 2.47. The summed E-state index contributed by atoms with van der Waals surface area (Å²) >= 11 is 0. The number of ether oxygens (including phenoxy) is 6. The van der Waals surface area contributed by atoms with E-state index in [1.807, 2.05) is 0 Å². The molecule has 0 aromatic carbocycles. The highest BCUT2D eigenvalue weighted by molar-refractivity contribution is 5.69. The van der Waals surface area contributed by atoms with Crippen molar-refractivity contribution in [3.63, 3.8) is 0 Å². The van der Waals surface area contributed by atoms with Gasteiger partial charge in [0.2, 0.25) is 0 Å². The first-order valence-corrected chi connectivity index (χ1v) is 30.4. The average Bonchev–Trinajstić information content (AvgIpc) is 3.40. The lowest BCUT2D eigenvalue weighted by molar-refractivity contribution is -0.332. The van der Waals surface area contributed by atoms with Crippen LogP contribution in [0.5, 0.6) is 0 Å². The number of aliphatic hydroxyl groups excluding tert-OH is 7. The molecule has 2 aliphatic rings. The van der Waals surface area contributed by atoms with Crippen molar-refractivity contribution in [1.82, 2.24) is 0 Å². The summed E-state index contributed by atoms with van der Waals surface area (Å²) in [5.74, 6) is -0.379. The van der Waals surface area contributed by atoms with E-state index in [1.54, 1.807) is 0 Å². The molecule has 74 heavy (non-hydrogen) atoms. The maximum absolute atomic E-state index is 13.1. The van der Waals surface area contributed by atoms with Crippen molar-refractivity contribution in [2.24, 2.45) is 0 Å². The lowest BCUT2D eigenvalue weighted by Crippen LogP contribution is -2.61. The van der Waals surface area contributed by atoms with Gasteiger partial charge in [-0.1, -0.05) is 224 Å². The molecule has 0 saturated carbocycles. The Morgan fingerprint density at radius 2 is 0.838 bits per heavy atom. The number of aliphatic hydroxyl groups is 7. The number of rotatable bonds is 50. The van der Waals surface area contributed by atoms with Gasteiger partial charge in [-0.2, -0.15) is 0 Å². The van der Waals surface area contributed by atoms with Crippen LogP contribution < -0.4 is 0 Å². The number of carbonyl (C=O) groups is 1. The molecule has 7 N–H and O–H groups in total. The number of carbonyl (C=O) groups excluding carboxylic acids is 1. The molecule has 2 saturated heterocycles. The topological polar surface area (TPSA) is 214 Å². The molecular weight excluding hydrogens is 945 g/mol. The van der Waals surface area contributed by atoms with E-state index in [1.165, 1.54) is 173 Å². The zero-order chi connectivity index (χ0) is 53.7. The lowest BCUT2D eigenvalue weighted by atomic mass is 9.98.